The third-order valence-electron chi connectivity index (χ3n) is 5.17. The third kappa shape index (κ3) is 5.17. The van der Waals surface area contributed by atoms with E-state index in [1.807, 2.05) is 26.0 Å². The van der Waals surface area contributed by atoms with Crippen molar-refractivity contribution in [3.63, 3.8) is 0 Å². The van der Waals surface area contributed by atoms with Crippen LogP contribution in [0.3, 0.4) is 0 Å². The van der Waals surface area contributed by atoms with Crippen molar-refractivity contribution in [1.29, 1.82) is 0 Å². The van der Waals surface area contributed by atoms with Gasteiger partial charge in [-0.05, 0) is 29.0 Å². The van der Waals surface area contributed by atoms with Gasteiger partial charge < -0.3 is 10.1 Å². The van der Waals surface area contributed by atoms with Gasteiger partial charge in [-0.2, -0.15) is 5.10 Å². The lowest BCUT2D eigenvalue weighted by atomic mass is 9.93. The molecule has 1 aromatic heterocycles. The molecule has 0 saturated heterocycles. The second-order valence-corrected chi connectivity index (χ2v) is 8.13. The Morgan fingerprint density at radius 1 is 0.968 bits per heavy atom. The first-order chi connectivity index (χ1) is 14.8. The van der Waals surface area contributed by atoms with Crippen molar-refractivity contribution in [3.8, 4) is 0 Å². The minimum atomic E-state index is -0.773. The number of nitrogens with zero attached hydrogens (tertiary/aromatic N) is 1. The fourth-order valence-corrected chi connectivity index (χ4v) is 3.41. The Kier molecular flexibility index (Phi) is 6.84. The number of hydrogen-bond acceptors (Lipinski definition) is 5. The Bertz CT molecular complexity index is 1130. The van der Waals surface area contributed by atoms with Gasteiger partial charge in [0.25, 0.3) is 11.5 Å². The van der Waals surface area contributed by atoms with E-state index in [1.165, 1.54) is 5.56 Å². The van der Waals surface area contributed by atoms with Gasteiger partial charge in [0.2, 0.25) is 0 Å². The van der Waals surface area contributed by atoms with Crippen molar-refractivity contribution in [2.75, 3.05) is 6.61 Å². The summed E-state index contributed by atoms with van der Waals surface area (Å²) >= 11 is 0. The van der Waals surface area contributed by atoms with Gasteiger partial charge in [0.05, 0.1) is 11.4 Å². The Balaban J connectivity index is 1.68. The minimum Gasteiger partial charge on any atom is -0.451 e. The first-order valence-electron chi connectivity index (χ1n) is 10.3. The molecule has 0 aliphatic carbocycles. The molecule has 0 aliphatic heterocycles. The number of rotatable bonds is 7. The number of fused-ring (bicyclic) bond motifs is 1. The number of H-pyrrole nitrogens is 1. The fourth-order valence-electron chi connectivity index (χ4n) is 3.41. The molecule has 0 aliphatic rings. The molecule has 0 unspecified atom stereocenters. The molecule has 7 nitrogen and oxygen atoms in total. The average molecular weight is 421 g/mol. The normalized spacial score (nSPS) is 12.2. The predicted octanol–water partition coefficient (Wildman–Crippen LogP) is 3.72. The maximum Gasteiger partial charge on any atom is 0.359 e. The van der Waals surface area contributed by atoms with Crippen molar-refractivity contribution < 1.29 is 14.3 Å². The van der Waals surface area contributed by atoms with Crippen LogP contribution < -0.4 is 10.9 Å². The van der Waals surface area contributed by atoms with Gasteiger partial charge in [-0.15, -0.1) is 0 Å². The van der Waals surface area contributed by atoms with Crippen LogP contribution in [0, 0.1) is 5.92 Å². The number of aromatic nitrogens is 2. The van der Waals surface area contributed by atoms with Gasteiger partial charge in [-0.1, -0.05) is 70.2 Å². The molecule has 2 aromatic carbocycles. The van der Waals surface area contributed by atoms with Crippen LogP contribution in [-0.4, -0.2) is 28.7 Å². The van der Waals surface area contributed by atoms with Crippen molar-refractivity contribution in [2.24, 2.45) is 5.92 Å². The monoisotopic (exact) mass is 421 g/mol. The lowest BCUT2D eigenvalue weighted by Crippen LogP contribution is -2.35. The summed E-state index contributed by atoms with van der Waals surface area (Å²) in [6.07, 6.45) is 0. The molecule has 1 heterocycles. The van der Waals surface area contributed by atoms with E-state index in [9.17, 15) is 14.4 Å². The number of aromatic amines is 1. The average Bonchev–Trinajstić information content (AvgIpc) is 2.76. The topological polar surface area (TPSA) is 101 Å². The summed E-state index contributed by atoms with van der Waals surface area (Å²) in [4.78, 5) is 36.8. The Morgan fingerprint density at radius 3 is 2.19 bits per heavy atom. The van der Waals surface area contributed by atoms with Crippen LogP contribution >= 0.6 is 0 Å². The number of carbonyl (C=O) groups excluding carboxylic acids is 2. The smallest absolute Gasteiger partial charge is 0.359 e. The summed E-state index contributed by atoms with van der Waals surface area (Å²) in [6.45, 7) is 7.85. The number of hydrogen-bond donors (Lipinski definition) is 2. The molecule has 3 rings (SSSR count). The molecule has 3 aromatic rings. The number of esters is 1. The van der Waals surface area contributed by atoms with Crippen LogP contribution in [-0.2, 0) is 9.53 Å². The van der Waals surface area contributed by atoms with E-state index >= 15 is 0 Å². The highest BCUT2D eigenvalue weighted by Gasteiger charge is 2.21. The minimum absolute atomic E-state index is 0.0346. The van der Waals surface area contributed by atoms with E-state index in [-0.39, 0.29) is 17.7 Å². The maximum atomic E-state index is 12.5. The predicted molar refractivity (Wildman–Crippen MR) is 119 cm³/mol. The molecule has 0 radical (unpaired) electrons. The summed E-state index contributed by atoms with van der Waals surface area (Å²) in [5.74, 6) is -0.605. The lowest BCUT2D eigenvalue weighted by Gasteiger charge is -2.23. The van der Waals surface area contributed by atoms with Crippen molar-refractivity contribution in [3.05, 3.63) is 75.7 Å². The number of ether oxygens (including phenoxy) is 1. The first-order valence-corrected chi connectivity index (χ1v) is 10.3. The standard InChI is InChI=1S/C24H27N3O4/c1-14(2)16-9-11-17(12-10-16)21(15(3)4)25-20(28)13-31-24(30)22-18-7-5-6-8-19(18)23(29)27-26-22/h5-12,14-15,21H,13H2,1-4H3,(H,25,28)(H,27,29)/t21-/m1/s1. The molecule has 0 saturated carbocycles. The van der Waals surface area contributed by atoms with Crippen LogP contribution in [0.4, 0.5) is 0 Å². The van der Waals surface area contributed by atoms with E-state index < -0.39 is 24.0 Å². The molecule has 2 N–H and O–H groups in total. The molecule has 1 amide bonds. The summed E-state index contributed by atoms with van der Waals surface area (Å²) in [5, 5.41) is 9.73. The fraction of sp³-hybridized carbons (Fsp3) is 0.333. The number of carbonyl (C=O) groups is 2. The molecule has 0 fully saturated rings. The zero-order valence-electron chi connectivity index (χ0n) is 18.1. The maximum absolute atomic E-state index is 12.5. The van der Waals surface area contributed by atoms with Crippen LogP contribution in [0.5, 0.6) is 0 Å². The Hall–Kier alpha value is -3.48. The summed E-state index contributed by atoms with van der Waals surface area (Å²) in [7, 11) is 0. The SMILES string of the molecule is CC(C)c1ccc([C@H](NC(=O)COC(=O)c2n[nH]c(=O)c3ccccc23)C(C)C)cc1. The van der Waals surface area contributed by atoms with E-state index in [4.69, 9.17) is 4.74 Å². The molecular formula is C24H27N3O4. The third-order valence-corrected chi connectivity index (χ3v) is 5.17. The van der Waals surface area contributed by atoms with E-state index in [0.29, 0.717) is 16.7 Å². The molecule has 7 heteroatoms. The molecule has 162 valence electrons. The lowest BCUT2D eigenvalue weighted by molar-refractivity contribution is -0.125. The first kappa shape index (κ1) is 22.2. The molecule has 31 heavy (non-hydrogen) atoms. The van der Waals surface area contributed by atoms with E-state index in [1.54, 1.807) is 24.3 Å². The van der Waals surface area contributed by atoms with Gasteiger partial charge in [0, 0.05) is 5.39 Å². The van der Waals surface area contributed by atoms with Crippen molar-refractivity contribution >= 4 is 22.6 Å². The molecular weight excluding hydrogens is 394 g/mol. The quantitative estimate of drug-likeness (QED) is 0.566. The summed E-state index contributed by atoms with van der Waals surface area (Å²) in [5.41, 5.74) is 1.79. The molecule has 0 bridgehead atoms. The zero-order chi connectivity index (χ0) is 22.5. The highest BCUT2D eigenvalue weighted by Crippen LogP contribution is 2.24. The van der Waals surface area contributed by atoms with Gasteiger partial charge in [-0.25, -0.2) is 9.89 Å². The van der Waals surface area contributed by atoms with Crippen LogP contribution in [0.15, 0.2) is 53.3 Å². The van der Waals surface area contributed by atoms with Crippen molar-refractivity contribution in [2.45, 2.75) is 39.7 Å². The molecule has 0 spiro atoms. The Labute approximate surface area is 180 Å². The van der Waals surface area contributed by atoms with Crippen LogP contribution in [0.1, 0.15) is 61.3 Å². The van der Waals surface area contributed by atoms with Gasteiger partial charge in [0.1, 0.15) is 0 Å². The largest absolute Gasteiger partial charge is 0.451 e. The number of nitrogens with one attached hydrogen (secondary N) is 2. The molecule has 1 atom stereocenters. The van der Waals surface area contributed by atoms with E-state index in [0.717, 1.165) is 5.56 Å². The number of amides is 1. The van der Waals surface area contributed by atoms with E-state index in [2.05, 4.69) is 41.5 Å². The zero-order valence-corrected chi connectivity index (χ0v) is 18.1. The van der Waals surface area contributed by atoms with Crippen LogP contribution in [0.2, 0.25) is 0 Å². The van der Waals surface area contributed by atoms with Crippen molar-refractivity contribution in [1.82, 2.24) is 15.5 Å². The van der Waals surface area contributed by atoms with Gasteiger partial charge in [0.15, 0.2) is 12.3 Å². The number of benzene rings is 2. The summed E-state index contributed by atoms with van der Waals surface area (Å²) < 4.78 is 5.17. The van der Waals surface area contributed by atoms with Gasteiger partial charge in [-0.3, -0.25) is 9.59 Å². The Morgan fingerprint density at radius 2 is 1.58 bits per heavy atom. The highest BCUT2D eigenvalue weighted by molar-refractivity contribution is 6.02. The second kappa shape index (κ2) is 9.55. The van der Waals surface area contributed by atoms with Gasteiger partial charge >= 0.3 is 5.97 Å². The highest BCUT2D eigenvalue weighted by atomic mass is 16.5. The van der Waals surface area contributed by atoms with Crippen LogP contribution in [0.25, 0.3) is 10.8 Å². The second-order valence-electron chi connectivity index (χ2n) is 8.13. The summed E-state index contributed by atoms with van der Waals surface area (Å²) in [6, 6.07) is 14.6.